The van der Waals surface area contributed by atoms with Gasteiger partial charge in [0.15, 0.2) is 0 Å². The Balaban J connectivity index is 1.22. The van der Waals surface area contributed by atoms with Crippen molar-refractivity contribution >= 4 is 38.3 Å². The van der Waals surface area contributed by atoms with E-state index in [0.29, 0.717) is 5.92 Å². The van der Waals surface area contributed by atoms with E-state index in [1.165, 1.54) is 82.8 Å². The van der Waals surface area contributed by atoms with Crippen molar-refractivity contribution in [3.05, 3.63) is 208 Å². The molecule has 0 N–H and O–H groups in total. The molecule has 0 bridgehead atoms. The molecule has 0 aromatic heterocycles. The number of aryl methyl sites for hydroxylation is 1. The Morgan fingerprint density at radius 1 is 0.604 bits per heavy atom. The highest BCUT2D eigenvalue weighted by atomic mass is 14.4. The van der Waals surface area contributed by atoms with Gasteiger partial charge in [0.25, 0.3) is 0 Å². The molecule has 0 saturated carbocycles. The van der Waals surface area contributed by atoms with Crippen molar-refractivity contribution in [2.45, 2.75) is 26.2 Å². The molecule has 230 valence electrons. The average Bonchev–Trinajstić information content (AvgIpc) is 3.14. The lowest BCUT2D eigenvalue weighted by atomic mass is 9.66. The molecule has 6 aromatic rings. The van der Waals surface area contributed by atoms with E-state index in [1.807, 2.05) is 0 Å². The van der Waals surface area contributed by atoms with Gasteiger partial charge < -0.3 is 0 Å². The van der Waals surface area contributed by atoms with E-state index in [0.717, 1.165) is 6.42 Å². The van der Waals surface area contributed by atoms with Crippen LogP contribution in [0.15, 0.2) is 169 Å². The molecule has 3 aliphatic rings. The molecule has 48 heavy (non-hydrogen) atoms. The van der Waals surface area contributed by atoms with Gasteiger partial charge in [-0.3, -0.25) is 0 Å². The second-order valence-electron chi connectivity index (χ2n) is 13.7. The lowest BCUT2D eigenvalue weighted by Crippen LogP contribution is -2.23. The summed E-state index contributed by atoms with van der Waals surface area (Å²) in [5.74, 6) is 0.899. The third-order valence-corrected chi connectivity index (χ3v) is 10.9. The Bertz CT molecular complexity index is 2400. The molecule has 3 atom stereocenters. The highest BCUT2D eigenvalue weighted by Crippen LogP contribution is 2.51. The quantitative estimate of drug-likeness (QED) is 0.185. The van der Waals surface area contributed by atoms with Gasteiger partial charge in [-0.05, 0) is 108 Å². The molecule has 0 radical (unpaired) electrons. The summed E-state index contributed by atoms with van der Waals surface area (Å²) in [6, 6.07) is 47.8. The average molecular weight is 615 g/mol. The van der Waals surface area contributed by atoms with E-state index in [9.17, 15) is 0 Å². The third kappa shape index (κ3) is 4.67. The van der Waals surface area contributed by atoms with Crippen LogP contribution in [0.25, 0.3) is 38.3 Å². The maximum absolute atomic E-state index is 2.48. The predicted octanol–water partition coefficient (Wildman–Crippen LogP) is 12.5. The van der Waals surface area contributed by atoms with Gasteiger partial charge in [-0.15, -0.1) is 0 Å². The van der Waals surface area contributed by atoms with Crippen molar-refractivity contribution < 1.29 is 0 Å². The van der Waals surface area contributed by atoms with Crippen molar-refractivity contribution in [1.82, 2.24) is 0 Å². The first-order chi connectivity index (χ1) is 23.7. The third-order valence-electron chi connectivity index (χ3n) is 10.9. The minimum atomic E-state index is 0.215. The van der Waals surface area contributed by atoms with Gasteiger partial charge in [-0.2, -0.15) is 0 Å². The Morgan fingerprint density at radius 3 is 2.33 bits per heavy atom. The molecule has 0 nitrogen and oxygen atoms in total. The summed E-state index contributed by atoms with van der Waals surface area (Å²) in [5.41, 5.74) is 14.9. The molecule has 0 saturated heterocycles. The minimum absolute atomic E-state index is 0.215. The number of hydrogen-bond acceptors (Lipinski definition) is 0. The van der Waals surface area contributed by atoms with Crippen LogP contribution in [0.5, 0.6) is 0 Å². The molecular formula is C48H38. The van der Waals surface area contributed by atoms with Crippen molar-refractivity contribution in [3.8, 4) is 0 Å². The fraction of sp³-hybridized carbons (Fsp3) is 0.125. The van der Waals surface area contributed by atoms with Gasteiger partial charge >= 0.3 is 0 Å². The molecule has 9 rings (SSSR count). The number of rotatable bonds is 4. The summed E-state index contributed by atoms with van der Waals surface area (Å²) in [7, 11) is 0. The summed E-state index contributed by atoms with van der Waals surface area (Å²) >= 11 is 0. The zero-order chi connectivity index (χ0) is 32.2. The van der Waals surface area contributed by atoms with E-state index in [4.69, 9.17) is 0 Å². The number of benzene rings is 6. The molecule has 0 aliphatic heterocycles. The summed E-state index contributed by atoms with van der Waals surface area (Å²) < 4.78 is 0. The summed E-state index contributed by atoms with van der Waals surface area (Å²) in [6.07, 6.45) is 15.1. The normalized spacial score (nSPS) is 20.0. The van der Waals surface area contributed by atoms with Gasteiger partial charge in [0, 0.05) is 11.8 Å². The van der Waals surface area contributed by atoms with E-state index >= 15 is 0 Å². The fourth-order valence-electron chi connectivity index (χ4n) is 8.61. The first-order valence-electron chi connectivity index (χ1n) is 17.3. The zero-order valence-electron chi connectivity index (χ0n) is 27.5. The van der Waals surface area contributed by atoms with Gasteiger partial charge in [0.1, 0.15) is 0 Å². The van der Waals surface area contributed by atoms with Crippen LogP contribution in [0.3, 0.4) is 0 Å². The van der Waals surface area contributed by atoms with Crippen LogP contribution < -0.4 is 0 Å². The SMILES string of the molecule is Cc1ccc(C2=C3C=CC=CC3C(c3cccc(C4=C(c5ccc6ccccc6c5)C(C)CC=C4)c3)c3ccccc32)c2ccccc12. The molecule has 0 heterocycles. The van der Waals surface area contributed by atoms with Crippen molar-refractivity contribution in [2.75, 3.05) is 0 Å². The predicted molar refractivity (Wildman–Crippen MR) is 205 cm³/mol. The van der Waals surface area contributed by atoms with Crippen molar-refractivity contribution in [1.29, 1.82) is 0 Å². The monoisotopic (exact) mass is 614 g/mol. The molecule has 0 amide bonds. The Labute approximate surface area is 283 Å². The van der Waals surface area contributed by atoms with Gasteiger partial charge in [-0.25, -0.2) is 0 Å². The van der Waals surface area contributed by atoms with Crippen LogP contribution in [0.2, 0.25) is 0 Å². The molecule has 6 aromatic carbocycles. The number of fused-ring (bicyclic) bond motifs is 4. The second-order valence-corrected chi connectivity index (χ2v) is 13.7. The molecular weight excluding hydrogens is 577 g/mol. The molecule has 0 spiro atoms. The Kier molecular flexibility index (Phi) is 6.98. The maximum Gasteiger partial charge on any atom is 0.0199 e. The largest absolute Gasteiger partial charge is 0.0833 e. The van der Waals surface area contributed by atoms with Crippen LogP contribution in [0.4, 0.5) is 0 Å². The Hall–Kier alpha value is -5.46. The van der Waals surface area contributed by atoms with Gasteiger partial charge in [0.05, 0.1) is 0 Å². The van der Waals surface area contributed by atoms with E-state index < -0.39 is 0 Å². The maximum atomic E-state index is 2.48. The van der Waals surface area contributed by atoms with Crippen LogP contribution in [0, 0.1) is 18.8 Å². The van der Waals surface area contributed by atoms with Crippen LogP contribution in [-0.4, -0.2) is 0 Å². The number of hydrogen-bond donors (Lipinski definition) is 0. The lowest BCUT2D eigenvalue weighted by molar-refractivity contribution is 0.649. The van der Waals surface area contributed by atoms with Crippen LogP contribution in [0.1, 0.15) is 58.2 Å². The van der Waals surface area contributed by atoms with E-state index in [2.05, 4.69) is 178 Å². The lowest BCUT2D eigenvalue weighted by Gasteiger charge is -2.37. The molecule has 3 aliphatic carbocycles. The summed E-state index contributed by atoms with van der Waals surface area (Å²) in [4.78, 5) is 0. The topological polar surface area (TPSA) is 0 Å². The second kappa shape index (κ2) is 11.7. The highest BCUT2D eigenvalue weighted by Gasteiger charge is 2.36. The molecule has 3 unspecified atom stereocenters. The first-order valence-corrected chi connectivity index (χ1v) is 17.3. The summed E-state index contributed by atoms with van der Waals surface area (Å²) in [6.45, 7) is 4.60. The number of allylic oxidation sites excluding steroid dienone is 9. The molecule has 0 fully saturated rings. The summed E-state index contributed by atoms with van der Waals surface area (Å²) in [5, 5.41) is 5.23. The smallest absolute Gasteiger partial charge is 0.0199 e. The minimum Gasteiger partial charge on any atom is -0.0833 e. The Morgan fingerprint density at radius 2 is 1.42 bits per heavy atom. The van der Waals surface area contributed by atoms with Gasteiger partial charge in [0.2, 0.25) is 0 Å². The zero-order valence-corrected chi connectivity index (χ0v) is 27.5. The van der Waals surface area contributed by atoms with Crippen LogP contribution >= 0.6 is 0 Å². The van der Waals surface area contributed by atoms with Crippen molar-refractivity contribution in [2.24, 2.45) is 11.8 Å². The van der Waals surface area contributed by atoms with Gasteiger partial charge in [-0.1, -0.05) is 165 Å². The highest BCUT2D eigenvalue weighted by molar-refractivity contribution is 6.02. The molecule has 0 heteroatoms. The van der Waals surface area contributed by atoms with E-state index in [-0.39, 0.29) is 11.8 Å². The van der Waals surface area contributed by atoms with Crippen LogP contribution in [-0.2, 0) is 0 Å². The van der Waals surface area contributed by atoms with E-state index in [1.54, 1.807) is 0 Å². The fourth-order valence-corrected chi connectivity index (χ4v) is 8.61. The van der Waals surface area contributed by atoms with Crippen molar-refractivity contribution in [3.63, 3.8) is 0 Å². The first kappa shape index (κ1) is 28.7. The standard InChI is InChI=1S/C48H38/c1-31-25-28-45(40-19-6-5-18-38(31)40)48-43-22-9-7-20-41(43)47(42-21-8-10-23-44(42)48)36-17-12-16-35(30-36)39-24-11-13-32(2)46(39)37-27-26-33-14-3-4-15-34(33)29-37/h3-12,14-30,32,41,47H,13H2,1-2H3.